The number of benzene rings is 2. The minimum atomic E-state index is -0.719. The van der Waals surface area contributed by atoms with Crippen LogP contribution in [0, 0.1) is 11.3 Å². The lowest BCUT2D eigenvalue weighted by Crippen LogP contribution is -2.40. The maximum absolute atomic E-state index is 10.2. The topological polar surface area (TPSA) is 56.5 Å². The summed E-state index contributed by atoms with van der Waals surface area (Å²) in [6.45, 7) is 2.50. The Kier molecular flexibility index (Phi) is 6.11. The second-order valence-electron chi connectivity index (χ2n) is 5.16. The zero-order valence-electron chi connectivity index (χ0n) is 12.6. The van der Waals surface area contributed by atoms with Crippen molar-refractivity contribution in [3.05, 3.63) is 71.8 Å². The van der Waals surface area contributed by atoms with Gasteiger partial charge >= 0.3 is 0 Å². The molecule has 0 bridgehead atoms. The molecule has 0 saturated heterocycles. The van der Waals surface area contributed by atoms with Crippen LogP contribution in [0.15, 0.2) is 60.7 Å². The first kappa shape index (κ1) is 16.2. The van der Waals surface area contributed by atoms with Gasteiger partial charge in [0.05, 0.1) is 25.3 Å². The van der Waals surface area contributed by atoms with E-state index in [1.54, 1.807) is 6.92 Å². The van der Waals surface area contributed by atoms with Crippen molar-refractivity contribution in [2.45, 2.75) is 32.2 Å². The zero-order valence-corrected chi connectivity index (χ0v) is 12.6. The second-order valence-corrected chi connectivity index (χ2v) is 5.16. The fourth-order valence-electron chi connectivity index (χ4n) is 2.18. The van der Waals surface area contributed by atoms with E-state index in [1.807, 2.05) is 60.7 Å². The lowest BCUT2D eigenvalue weighted by atomic mass is 10.1. The van der Waals surface area contributed by atoms with Crippen LogP contribution in [0.25, 0.3) is 0 Å². The number of nitrogens with zero attached hydrogens (tertiary/aromatic N) is 2. The van der Waals surface area contributed by atoms with E-state index in [0.29, 0.717) is 6.61 Å². The number of hydrogen-bond acceptors (Lipinski definition) is 4. The van der Waals surface area contributed by atoms with E-state index in [2.05, 4.69) is 6.07 Å². The van der Waals surface area contributed by atoms with Crippen molar-refractivity contribution in [3.8, 4) is 6.07 Å². The van der Waals surface area contributed by atoms with E-state index in [1.165, 1.54) is 0 Å². The summed E-state index contributed by atoms with van der Waals surface area (Å²) in [6, 6.07) is 20.7. The smallest absolute Gasteiger partial charge is 0.148 e. The van der Waals surface area contributed by atoms with Gasteiger partial charge in [-0.2, -0.15) is 10.3 Å². The van der Waals surface area contributed by atoms with Crippen LogP contribution in [-0.4, -0.2) is 22.4 Å². The number of nitriles is 1. The van der Waals surface area contributed by atoms with Gasteiger partial charge in [0.1, 0.15) is 6.04 Å². The van der Waals surface area contributed by atoms with Gasteiger partial charge in [0.25, 0.3) is 0 Å². The van der Waals surface area contributed by atoms with Crippen molar-refractivity contribution in [2.24, 2.45) is 0 Å². The van der Waals surface area contributed by atoms with Crippen LogP contribution >= 0.6 is 0 Å². The van der Waals surface area contributed by atoms with Crippen LogP contribution in [0.4, 0.5) is 0 Å². The van der Waals surface area contributed by atoms with Gasteiger partial charge in [-0.3, -0.25) is 0 Å². The van der Waals surface area contributed by atoms with E-state index in [-0.39, 0.29) is 6.54 Å². The molecular weight excluding hydrogens is 276 g/mol. The number of rotatable bonds is 7. The van der Waals surface area contributed by atoms with Gasteiger partial charge in [0.2, 0.25) is 0 Å². The molecule has 4 heteroatoms. The molecule has 0 amide bonds. The van der Waals surface area contributed by atoms with Crippen molar-refractivity contribution in [3.63, 3.8) is 0 Å². The largest absolute Gasteiger partial charge is 0.371 e. The van der Waals surface area contributed by atoms with Crippen LogP contribution in [0.5, 0.6) is 0 Å². The molecule has 0 aliphatic carbocycles. The van der Waals surface area contributed by atoms with E-state index in [4.69, 9.17) is 4.74 Å². The fraction of sp³-hybridized carbons (Fsp3) is 0.278. The van der Waals surface area contributed by atoms with E-state index in [0.717, 1.165) is 16.2 Å². The van der Waals surface area contributed by atoms with Crippen molar-refractivity contribution in [2.75, 3.05) is 0 Å². The predicted molar refractivity (Wildman–Crippen MR) is 83.9 cm³/mol. The molecular formula is C18H20N2O2. The summed E-state index contributed by atoms with van der Waals surface area (Å²) in [4.78, 5) is 0. The van der Waals surface area contributed by atoms with Gasteiger partial charge in [-0.1, -0.05) is 60.7 Å². The lowest BCUT2D eigenvalue weighted by Gasteiger charge is -2.25. The summed E-state index contributed by atoms with van der Waals surface area (Å²) in [5, 5.41) is 20.5. The number of hydrogen-bond donors (Lipinski definition) is 1. The molecule has 2 atom stereocenters. The minimum absolute atomic E-state index is 0.290. The lowest BCUT2D eigenvalue weighted by molar-refractivity contribution is -0.153. The first-order chi connectivity index (χ1) is 10.7. The Bertz CT molecular complexity index is 595. The van der Waals surface area contributed by atoms with Crippen LogP contribution in [-0.2, 0) is 17.9 Å². The SMILES string of the molecule is C[C@H](OCc1ccccc1)[C@H](C#N)N(O)Cc1ccccc1. The predicted octanol–water partition coefficient (Wildman–Crippen LogP) is 3.38. The van der Waals surface area contributed by atoms with Gasteiger partial charge in [-0.25, -0.2) is 0 Å². The Morgan fingerprint density at radius 2 is 1.59 bits per heavy atom. The average molecular weight is 296 g/mol. The molecule has 0 radical (unpaired) electrons. The summed E-state index contributed by atoms with van der Waals surface area (Å²) < 4.78 is 5.72. The van der Waals surface area contributed by atoms with Crippen molar-refractivity contribution in [1.29, 1.82) is 5.26 Å². The molecule has 0 aliphatic rings. The molecule has 4 nitrogen and oxygen atoms in total. The third-order valence-corrected chi connectivity index (χ3v) is 3.44. The molecule has 1 N–H and O–H groups in total. The Labute approximate surface area is 131 Å². The average Bonchev–Trinajstić information content (AvgIpc) is 2.55. The summed E-state index contributed by atoms with van der Waals surface area (Å²) >= 11 is 0. The van der Waals surface area contributed by atoms with Gasteiger partial charge in [-0.15, -0.1) is 0 Å². The molecule has 0 aliphatic heterocycles. The Morgan fingerprint density at radius 1 is 1.05 bits per heavy atom. The third-order valence-electron chi connectivity index (χ3n) is 3.44. The van der Waals surface area contributed by atoms with Crippen molar-refractivity contribution >= 4 is 0 Å². The summed E-state index contributed by atoms with van der Waals surface area (Å²) in [5.41, 5.74) is 1.99. The Balaban J connectivity index is 1.91. The molecule has 22 heavy (non-hydrogen) atoms. The van der Waals surface area contributed by atoms with E-state index >= 15 is 0 Å². The molecule has 0 saturated carbocycles. The molecule has 2 aromatic carbocycles. The highest BCUT2D eigenvalue weighted by molar-refractivity contribution is 5.15. The molecule has 0 fully saturated rings. The molecule has 114 valence electrons. The standard InChI is InChI=1S/C18H20N2O2/c1-15(22-14-17-10-6-3-7-11-17)18(12-19)20(21)13-16-8-4-2-5-9-16/h2-11,15,18,21H,13-14H2,1H3/t15-,18-/m0/s1. The summed E-state index contributed by atoms with van der Waals surface area (Å²) in [6.07, 6.45) is -0.404. The van der Waals surface area contributed by atoms with Crippen LogP contribution in [0.3, 0.4) is 0 Å². The number of ether oxygens (including phenoxy) is 1. The first-order valence-electron chi connectivity index (χ1n) is 7.25. The molecule has 2 rings (SSSR count). The van der Waals surface area contributed by atoms with Gasteiger partial charge in [0, 0.05) is 0 Å². The normalized spacial score (nSPS) is 13.5. The highest BCUT2D eigenvalue weighted by Gasteiger charge is 2.24. The summed E-state index contributed by atoms with van der Waals surface area (Å²) in [5.74, 6) is 0. The van der Waals surface area contributed by atoms with Gasteiger partial charge in [0.15, 0.2) is 0 Å². The molecule has 0 spiro atoms. The van der Waals surface area contributed by atoms with E-state index < -0.39 is 12.1 Å². The van der Waals surface area contributed by atoms with Crippen molar-refractivity contribution in [1.82, 2.24) is 5.06 Å². The third kappa shape index (κ3) is 4.68. The highest BCUT2D eigenvalue weighted by Crippen LogP contribution is 2.12. The number of hydroxylamine groups is 2. The van der Waals surface area contributed by atoms with Gasteiger partial charge < -0.3 is 9.94 Å². The second kappa shape index (κ2) is 8.30. The van der Waals surface area contributed by atoms with Gasteiger partial charge in [-0.05, 0) is 18.1 Å². The Hall–Kier alpha value is -2.19. The van der Waals surface area contributed by atoms with Crippen LogP contribution in [0.2, 0.25) is 0 Å². The van der Waals surface area contributed by atoms with E-state index in [9.17, 15) is 10.5 Å². The summed E-state index contributed by atoms with van der Waals surface area (Å²) in [7, 11) is 0. The molecule has 0 heterocycles. The molecule has 0 unspecified atom stereocenters. The van der Waals surface area contributed by atoms with Crippen molar-refractivity contribution < 1.29 is 9.94 Å². The molecule has 2 aromatic rings. The quantitative estimate of drug-likeness (QED) is 0.796. The fourth-order valence-corrected chi connectivity index (χ4v) is 2.18. The highest BCUT2D eigenvalue weighted by atomic mass is 16.5. The maximum Gasteiger partial charge on any atom is 0.148 e. The van der Waals surface area contributed by atoms with Crippen LogP contribution < -0.4 is 0 Å². The minimum Gasteiger partial charge on any atom is -0.371 e. The monoisotopic (exact) mass is 296 g/mol. The zero-order chi connectivity index (χ0) is 15.8. The molecule has 0 aromatic heterocycles. The van der Waals surface area contributed by atoms with Crippen LogP contribution in [0.1, 0.15) is 18.1 Å². The maximum atomic E-state index is 10.2. The Morgan fingerprint density at radius 3 is 2.14 bits per heavy atom. The first-order valence-corrected chi connectivity index (χ1v) is 7.25.